The fourth-order valence-electron chi connectivity index (χ4n) is 3.32. The molecule has 1 saturated heterocycles. The average molecular weight is 360 g/mol. The van der Waals surface area contributed by atoms with E-state index in [-0.39, 0.29) is 29.7 Å². The highest BCUT2D eigenvalue weighted by Crippen LogP contribution is 2.27. The van der Waals surface area contributed by atoms with Crippen molar-refractivity contribution in [3.63, 3.8) is 0 Å². The monoisotopic (exact) mass is 360 g/mol. The van der Waals surface area contributed by atoms with Crippen molar-refractivity contribution in [1.29, 1.82) is 0 Å². The Morgan fingerprint density at radius 2 is 2.31 bits per heavy atom. The molecule has 1 unspecified atom stereocenters. The minimum Gasteiger partial charge on any atom is -0.375 e. The van der Waals surface area contributed by atoms with Crippen LogP contribution in [0.1, 0.15) is 49.8 Å². The molecule has 3 heterocycles. The molecule has 1 fully saturated rings. The second-order valence-electron chi connectivity index (χ2n) is 7.01. The zero-order valence-corrected chi connectivity index (χ0v) is 15.3. The van der Waals surface area contributed by atoms with Gasteiger partial charge in [-0.25, -0.2) is 14.6 Å². The third-order valence-corrected chi connectivity index (χ3v) is 4.57. The fraction of sp³-hybridized carbons (Fsp3) is 0.588. The van der Waals surface area contributed by atoms with E-state index in [1.807, 2.05) is 20.8 Å². The molecule has 0 aliphatic carbocycles. The van der Waals surface area contributed by atoms with Crippen LogP contribution in [0.15, 0.2) is 23.6 Å². The van der Waals surface area contributed by atoms with E-state index in [0.29, 0.717) is 19.0 Å². The lowest BCUT2D eigenvalue weighted by Gasteiger charge is -2.40. The smallest absolute Gasteiger partial charge is 0.263 e. The maximum atomic E-state index is 12.9. The number of carbonyl (C=O) groups is 1. The summed E-state index contributed by atoms with van der Waals surface area (Å²) in [5, 5.41) is 3.97. The molecule has 0 spiro atoms. The standard InChI is InChI=1S/C17H24N6O3/c1-4-23(12-5-6-26-17(2,3)7-12)16(25)13-8-19-14(21-15(13)24)9-22-11-18-10-20-22/h8,10-12H,4-7,9H2,1-3H3,(H,19,21,24). The van der Waals surface area contributed by atoms with Gasteiger partial charge in [0.1, 0.15) is 30.6 Å². The second kappa shape index (κ2) is 7.36. The Balaban J connectivity index is 1.78. The van der Waals surface area contributed by atoms with E-state index in [1.165, 1.54) is 18.9 Å². The van der Waals surface area contributed by atoms with Gasteiger partial charge >= 0.3 is 0 Å². The Bertz CT molecular complexity index is 814. The number of nitrogens with one attached hydrogen (secondary N) is 1. The number of carbonyl (C=O) groups excluding carboxylic acids is 1. The lowest BCUT2D eigenvalue weighted by Crippen LogP contribution is -2.49. The van der Waals surface area contributed by atoms with E-state index in [2.05, 4.69) is 20.1 Å². The molecule has 1 aliphatic heterocycles. The van der Waals surface area contributed by atoms with Gasteiger partial charge in [0.2, 0.25) is 0 Å². The molecule has 0 saturated carbocycles. The summed E-state index contributed by atoms with van der Waals surface area (Å²) in [4.78, 5) is 37.8. The topological polar surface area (TPSA) is 106 Å². The summed E-state index contributed by atoms with van der Waals surface area (Å²) < 4.78 is 7.28. The van der Waals surface area contributed by atoms with Crippen LogP contribution in [0.25, 0.3) is 0 Å². The van der Waals surface area contributed by atoms with E-state index < -0.39 is 5.56 Å². The minimum atomic E-state index is -0.440. The highest BCUT2D eigenvalue weighted by atomic mass is 16.5. The van der Waals surface area contributed by atoms with Gasteiger partial charge in [0.25, 0.3) is 11.5 Å². The van der Waals surface area contributed by atoms with Crippen LogP contribution in [0.2, 0.25) is 0 Å². The third-order valence-electron chi connectivity index (χ3n) is 4.57. The number of hydrogen-bond acceptors (Lipinski definition) is 6. The Morgan fingerprint density at radius 3 is 2.92 bits per heavy atom. The molecule has 26 heavy (non-hydrogen) atoms. The minimum absolute atomic E-state index is 0.0467. The van der Waals surface area contributed by atoms with Gasteiger partial charge in [0.15, 0.2) is 0 Å². The lowest BCUT2D eigenvalue weighted by molar-refractivity contribution is -0.0777. The van der Waals surface area contributed by atoms with Gasteiger partial charge in [-0.2, -0.15) is 5.10 Å². The van der Waals surface area contributed by atoms with Gasteiger partial charge in [-0.05, 0) is 33.6 Å². The van der Waals surface area contributed by atoms with Crippen molar-refractivity contribution in [2.45, 2.75) is 51.8 Å². The molecule has 3 rings (SSSR count). The van der Waals surface area contributed by atoms with Crippen LogP contribution in [0.5, 0.6) is 0 Å². The first kappa shape index (κ1) is 18.2. The lowest BCUT2D eigenvalue weighted by atomic mass is 9.92. The fourth-order valence-corrected chi connectivity index (χ4v) is 3.32. The molecule has 140 valence electrons. The number of aromatic nitrogens is 5. The number of rotatable bonds is 5. The number of ether oxygens (including phenoxy) is 1. The molecular formula is C17H24N6O3. The highest BCUT2D eigenvalue weighted by molar-refractivity contribution is 5.93. The maximum Gasteiger partial charge on any atom is 0.263 e. The molecule has 2 aromatic heterocycles. The third kappa shape index (κ3) is 3.98. The summed E-state index contributed by atoms with van der Waals surface area (Å²) in [7, 11) is 0. The first-order valence-electron chi connectivity index (χ1n) is 8.75. The predicted molar refractivity (Wildman–Crippen MR) is 93.7 cm³/mol. The molecule has 0 aromatic carbocycles. The van der Waals surface area contributed by atoms with Crippen molar-refractivity contribution in [1.82, 2.24) is 29.6 Å². The molecule has 0 bridgehead atoms. The molecule has 9 heteroatoms. The first-order valence-corrected chi connectivity index (χ1v) is 8.75. The number of aromatic amines is 1. The first-order chi connectivity index (χ1) is 12.4. The van der Waals surface area contributed by atoms with Crippen LogP contribution in [0.4, 0.5) is 0 Å². The van der Waals surface area contributed by atoms with Crippen LogP contribution < -0.4 is 5.56 Å². The van der Waals surface area contributed by atoms with Gasteiger partial charge in [-0.3, -0.25) is 9.59 Å². The van der Waals surface area contributed by atoms with Gasteiger partial charge in [-0.15, -0.1) is 0 Å². The van der Waals surface area contributed by atoms with E-state index in [4.69, 9.17) is 4.74 Å². The van der Waals surface area contributed by atoms with Gasteiger partial charge in [0.05, 0.1) is 5.60 Å². The summed E-state index contributed by atoms with van der Waals surface area (Å²) >= 11 is 0. The molecule has 1 amide bonds. The van der Waals surface area contributed by atoms with Crippen molar-refractivity contribution < 1.29 is 9.53 Å². The molecule has 2 aromatic rings. The van der Waals surface area contributed by atoms with Crippen molar-refractivity contribution in [2.24, 2.45) is 0 Å². The Kier molecular flexibility index (Phi) is 5.17. The van der Waals surface area contributed by atoms with Crippen molar-refractivity contribution >= 4 is 5.91 Å². The molecule has 0 radical (unpaired) electrons. The Labute approximate surface area is 151 Å². The van der Waals surface area contributed by atoms with E-state index >= 15 is 0 Å². The average Bonchev–Trinajstić information content (AvgIpc) is 3.07. The van der Waals surface area contributed by atoms with E-state index in [0.717, 1.165) is 12.8 Å². The van der Waals surface area contributed by atoms with Gasteiger partial charge < -0.3 is 14.6 Å². The largest absolute Gasteiger partial charge is 0.375 e. The Morgan fingerprint density at radius 1 is 1.50 bits per heavy atom. The quantitative estimate of drug-likeness (QED) is 0.846. The summed E-state index contributed by atoms with van der Waals surface area (Å²) in [6.07, 6.45) is 5.79. The van der Waals surface area contributed by atoms with Crippen LogP contribution in [0.3, 0.4) is 0 Å². The number of nitrogens with zero attached hydrogens (tertiary/aromatic N) is 5. The van der Waals surface area contributed by atoms with Crippen LogP contribution in [-0.2, 0) is 11.3 Å². The molecule has 9 nitrogen and oxygen atoms in total. The van der Waals surface area contributed by atoms with E-state index in [9.17, 15) is 9.59 Å². The molecular weight excluding hydrogens is 336 g/mol. The molecule has 1 aliphatic rings. The van der Waals surface area contributed by atoms with Crippen LogP contribution in [-0.4, -0.2) is 60.3 Å². The summed E-state index contributed by atoms with van der Waals surface area (Å²) in [5.41, 5.74) is -0.661. The molecule has 1 atom stereocenters. The number of H-pyrrole nitrogens is 1. The zero-order chi connectivity index (χ0) is 18.7. The Hall–Kier alpha value is -2.55. The summed E-state index contributed by atoms with van der Waals surface area (Å²) in [6.45, 7) is 7.37. The van der Waals surface area contributed by atoms with Crippen molar-refractivity contribution in [3.05, 3.63) is 40.6 Å². The second-order valence-corrected chi connectivity index (χ2v) is 7.01. The summed E-state index contributed by atoms with van der Waals surface area (Å²) in [5.74, 6) is 0.128. The van der Waals surface area contributed by atoms with Crippen LogP contribution in [0, 0.1) is 0 Å². The maximum absolute atomic E-state index is 12.9. The van der Waals surface area contributed by atoms with Crippen molar-refractivity contribution in [3.8, 4) is 0 Å². The highest BCUT2D eigenvalue weighted by Gasteiger charge is 2.34. The molecule has 1 N–H and O–H groups in total. The SMILES string of the molecule is CCN(C(=O)c1cnc(Cn2cncn2)[nH]c1=O)C1CCOC(C)(C)C1. The van der Waals surface area contributed by atoms with Crippen molar-refractivity contribution in [2.75, 3.05) is 13.2 Å². The van der Waals surface area contributed by atoms with Gasteiger partial charge in [-0.1, -0.05) is 0 Å². The van der Waals surface area contributed by atoms with E-state index in [1.54, 1.807) is 9.58 Å². The normalized spacial score (nSPS) is 19.3. The predicted octanol–water partition coefficient (Wildman–Crippen LogP) is 0.829. The number of hydrogen-bond donors (Lipinski definition) is 1. The van der Waals surface area contributed by atoms with Gasteiger partial charge in [0, 0.05) is 25.4 Å². The number of amides is 1. The summed E-state index contributed by atoms with van der Waals surface area (Å²) in [6, 6.07) is 0.0467. The zero-order valence-electron chi connectivity index (χ0n) is 15.3. The van der Waals surface area contributed by atoms with Crippen LogP contribution >= 0.6 is 0 Å².